The van der Waals surface area contributed by atoms with Gasteiger partial charge < -0.3 is 25.4 Å². The summed E-state index contributed by atoms with van der Waals surface area (Å²) in [6.07, 6.45) is 1.74. The number of aliphatic hydroxyl groups excluding tert-OH is 2. The Morgan fingerprint density at radius 1 is 1.35 bits per heavy atom. The van der Waals surface area contributed by atoms with Crippen molar-refractivity contribution in [2.45, 2.75) is 81.4 Å². The standard InChI is InChI=1S/C20H29N5O5S/c1-20(2,3)18(28)30-14-13(27)11(8-26)29-17(14)25-16-12(15(21)22-9-23-16)24-19(25)31-10-6-4-5-7-10/h9-11,13-14,17,26-27H,4-8H2,1-3H3,(H2,21,22,23)/t11-,13?,14?,17-/m1/s1. The van der Waals surface area contributed by atoms with Crippen LogP contribution in [-0.4, -0.2) is 65.9 Å². The molecule has 0 spiro atoms. The van der Waals surface area contributed by atoms with Crippen LogP contribution in [0.5, 0.6) is 0 Å². The average molecular weight is 452 g/mol. The smallest absolute Gasteiger partial charge is 0.311 e. The molecule has 2 fully saturated rings. The van der Waals surface area contributed by atoms with E-state index >= 15 is 0 Å². The topological polar surface area (TPSA) is 146 Å². The molecule has 31 heavy (non-hydrogen) atoms. The molecule has 1 saturated heterocycles. The van der Waals surface area contributed by atoms with Gasteiger partial charge >= 0.3 is 5.97 Å². The van der Waals surface area contributed by atoms with Crippen molar-refractivity contribution in [3.8, 4) is 0 Å². The van der Waals surface area contributed by atoms with E-state index in [1.165, 1.54) is 6.33 Å². The summed E-state index contributed by atoms with van der Waals surface area (Å²) >= 11 is 1.60. The first-order valence-corrected chi connectivity index (χ1v) is 11.4. The van der Waals surface area contributed by atoms with Gasteiger partial charge in [-0.1, -0.05) is 24.6 Å². The first-order chi connectivity index (χ1) is 14.7. The Hall–Kier alpha value is -1.95. The van der Waals surface area contributed by atoms with Crippen LogP contribution in [-0.2, 0) is 14.3 Å². The lowest BCUT2D eigenvalue weighted by molar-refractivity contribution is -0.168. The zero-order chi connectivity index (χ0) is 22.3. The van der Waals surface area contributed by atoms with E-state index in [4.69, 9.17) is 15.2 Å². The van der Waals surface area contributed by atoms with Gasteiger partial charge in [0.15, 0.2) is 34.5 Å². The van der Waals surface area contributed by atoms with E-state index in [0.29, 0.717) is 21.6 Å². The van der Waals surface area contributed by atoms with E-state index < -0.39 is 42.5 Å². The largest absolute Gasteiger partial charge is 0.454 e. The summed E-state index contributed by atoms with van der Waals surface area (Å²) in [5.74, 6) is -0.246. The van der Waals surface area contributed by atoms with Gasteiger partial charge in [-0.2, -0.15) is 0 Å². The number of ether oxygens (including phenoxy) is 2. The zero-order valence-electron chi connectivity index (χ0n) is 17.9. The second-order valence-electron chi connectivity index (χ2n) is 9.08. The number of nitrogen functional groups attached to an aromatic ring is 1. The van der Waals surface area contributed by atoms with E-state index in [-0.39, 0.29) is 5.82 Å². The molecule has 2 aliphatic rings. The molecule has 3 heterocycles. The first-order valence-electron chi connectivity index (χ1n) is 10.5. The molecule has 2 unspecified atom stereocenters. The molecule has 0 radical (unpaired) electrons. The highest BCUT2D eigenvalue weighted by Crippen LogP contribution is 2.41. The van der Waals surface area contributed by atoms with Crippen LogP contribution in [0.4, 0.5) is 5.82 Å². The van der Waals surface area contributed by atoms with Crippen LogP contribution in [0.25, 0.3) is 11.2 Å². The minimum Gasteiger partial charge on any atom is -0.454 e. The molecule has 0 aromatic carbocycles. The zero-order valence-corrected chi connectivity index (χ0v) is 18.7. The second-order valence-corrected chi connectivity index (χ2v) is 10.3. The van der Waals surface area contributed by atoms with E-state index in [0.717, 1.165) is 25.7 Å². The molecule has 0 amide bonds. The second kappa shape index (κ2) is 8.53. The predicted molar refractivity (Wildman–Crippen MR) is 114 cm³/mol. The van der Waals surface area contributed by atoms with Gasteiger partial charge in [0.05, 0.1) is 12.0 Å². The van der Waals surface area contributed by atoms with Crippen molar-refractivity contribution in [1.82, 2.24) is 19.5 Å². The molecule has 2 aromatic heterocycles. The predicted octanol–water partition coefficient (Wildman–Crippen LogP) is 1.65. The number of hydrogen-bond donors (Lipinski definition) is 3. The molecule has 1 aliphatic heterocycles. The van der Waals surface area contributed by atoms with Crippen molar-refractivity contribution in [2.24, 2.45) is 5.41 Å². The van der Waals surface area contributed by atoms with Gasteiger partial charge in [0, 0.05) is 5.25 Å². The highest BCUT2D eigenvalue weighted by Gasteiger charge is 2.49. The Labute approximate surface area is 184 Å². The lowest BCUT2D eigenvalue weighted by Crippen LogP contribution is -2.39. The maximum Gasteiger partial charge on any atom is 0.311 e. The Bertz CT molecular complexity index is 955. The van der Waals surface area contributed by atoms with Crippen molar-refractivity contribution in [2.75, 3.05) is 12.3 Å². The van der Waals surface area contributed by atoms with Crippen molar-refractivity contribution < 1.29 is 24.5 Å². The molecule has 10 nitrogen and oxygen atoms in total. The Kier molecular flexibility index (Phi) is 6.12. The van der Waals surface area contributed by atoms with Crippen LogP contribution in [0.1, 0.15) is 52.7 Å². The monoisotopic (exact) mass is 451 g/mol. The summed E-state index contributed by atoms with van der Waals surface area (Å²) in [6, 6.07) is 0. The molecule has 4 rings (SSSR count). The van der Waals surface area contributed by atoms with Crippen molar-refractivity contribution >= 4 is 34.7 Å². The van der Waals surface area contributed by atoms with Crippen LogP contribution in [0.3, 0.4) is 0 Å². The maximum absolute atomic E-state index is 12.6. The number of carbonyl (C=O) groups excluding carboxylic acids is 1. The number of thioether (sulfide) groups is 1. The van der Waals surface area contributed by atoms with E-state index in [1.807, 2.05) is 0 Å². The molecular weight excluding hydrogens is 422 g/mol. The Morgan fingerprint density at radius 2 is 2.06 bits per heavy atom. The average Bonchev–Trinajstić information content (AvgIpc) is 3.41. The highest BCUT2D eigenvalue weighted by molar-refractivity contribution is 7.99. The first kappa shape index (κ1) is 22.3. The summed E-state index contributed by atoms with van der Waals surface area (Å²) in [5, 5.41) is 21.5. The molecule has 170 valence electrons. The molecule has 0 bridgehead atoms. The quantitative estimate of drug-likeness (QED) is 0.574. The third-order valence-corrected chi connectivity index (χ3v) is 6.95. The molecule has 1 saturated carbocycles. The number of imidazole rings is 1. The van der Waals surface area contributed by atoms with Crippen molar-refractivity contribution in [3.05, 3.63) is 6.33 Å². The number of fused-ring (bicyclic) bond motifs is 1. The van der Waals surface area contributed by atoms with Gasteiger partial charge in [-0.3, -0.25) is 9.36 Å². The minimum absolute atomic E-state index is 0.234. The number of carbonyl (C=O) groups is 1. The number of nitrogens with two attached hydrogens (primary N) is 1. The molecule has 1 aliphatic carbocycles. The number of aliphatic hydroxyl groups is 2. The van der Waals surface area contributed by atoms with Crippen LogP contribution in [0.2, 0.25) is 0 Å². The molecule has 11 heteroatoms. The minimum atomic E-state index is -1.21. The SMILES string of the molecule is CC(C)(C)C(=O)OC1C(O)[C@@H](CO)O[C@H]1n1c(SC2CCCC2)nc2c(N)ncnc21. The van der Waals surface area contributed by atoms with Gasteiger partial charge in [-0.15, -0.1) is 0 Å². The molecular formula is C20H29N5O5S. The summed E-state index contributed by atoms with van der Waals surface area (Å²) in [6.45, 7) is 4.78. The Morgan fingerprint density at radius 3 is 2.71 bits per heavy atom. The number of rotatable bonds is 5. The molecule has 4 atom stereocenters. The van der Waals surface area contributed by atoms with Crippen LogP contribution < -0.4 is 5.73 Å². The highest BCUT2D eigenvalue weighted by atomic mass is 32.2. The number of esters is 1. The number of hydrogen-bond acceptors (Lipinski definition) is 10. The van der Waals surface area contributed by atoms with Crippen LogP contribution in [0.15, 0.2) is 11.5 Å². The van der Waals surface area contributed by atoms with Crippen LogP contribution >= 0.6 is 11.8 Å². The maximum atomic E-state index is 12.6. The van der Waals surface area contributed by atoms with E-state index in [1.54, 1.807) is 37.1 Å². The van der Waals surface area contributed by atoms with Gasteiger partial charge in [0.2, 0.25) is 0 Å². The summed E-state index contributed by atoms with van der Waals surface area (Å²) in [5.41, 5.74) is 6.13. The summed E-state index contributed by atoms with van der Waals surface area (Å²) in [4.78, 5) is 25.7. The molecule has 2 aromatic rings. The number of nitrogens with zero attached hydrogens (tertiary/aromatic N) is 4. The fourth-order valence-corrected chi connectivity index (χ4v) is 5.19. The number of anilines is 1. The fraction of sp³-hybridized carbons (Fsp3) is 0.700. The Balaban J connectivity index is 1.78. The van der Waals surface area contributed by atoms with E-state index in [2.05, 4.69) is 15.0 Å². The van der Waals surface area contributed by atoms with Crippen LogP contribution in [0, 0.1) is 5.41 Å². The van der Waals surface area contributed by atoms with Crippen molar-refractivity contribution in [3.63, 3.8) is 0 Å². The normalized spacial score (nSPS) is 27.3. The van der Waals surface area contributed by atoms with Gasteiger partial charge in [-0.25, -0.2) is 15.0 Å². The third-order valence-electron chi connectivity index (χ3n) is 5.65. The molecule has 4 N–H and O–H groups in total. The number of aromatic nitrogens is 4. The summed E-state index contributed by atoms with van der Waals surface area (Å²) in [7, 11) is 0. The summed E-state index contributed by atoms with van der Waals surface area (Å²) < 4.78 is 13.4. The van der Waals surface area contributed by atoms with Gasteiger partial charge in [-0.05, 0) is 33.6 Å². The van der Waals surface area contributed by atoms with Gasteiger partial charge in [0.1, 0.15) is 18.5 Å². The third kappa shape index (κ3) is 4.23. The van der Waals surface area contributed by atoms with Crippen molar-refractivity contribution in [1.29, 1.82) is 0 Å². The van der Waals surface area contributed by atoms with E-state index in [9.17, 15) is 15.0 Å². The fourth-order valence-electron chi connectivity index (χ4n) is 3.88. The van der Waals surface area contributed by atoms with Gasteiger partial charge in [0.25, 0.3) is 0 Å². The lowest BCUT2D eigenvalue weighted by atomic mass is 9.97. The lowest BCUT2D eigenvalue weighted by Gasteiger charge is -2.26.